The van der Waals surface area contributed by atoms with Crippen molar-refractivity contribution in [1.82, 2.24) is 4.90 Å². The average molecular weight is 167 g/mol. The summed E-state index contributed by atoms with van der Waals surface area (Å²) < 4.78 is 0. The first kappa shape index (κ1) is 9.63. The normalized spacial score (nSPS) is 24.5. The highest BCUT2D eigenvalue weighted by molar-refractivity contribution is 5.14. The lowest BCUT2D eigenvalue weighted by atomic mass is 9.88. The van der Waals surface area contributed by atoms with Crippen LogP contribution >= 0.6 is 0 Å². The van der Waals surface area contributed by atoms with Gasteiger partial charge in [-0.2, -0.15) is 0 Å². The highest BCUT2D eigenvalue weighted by atomic mass is 15.1. The fraction of sp³-hybridized carbons (Fsp3) is 0.818. The zero-order valence-corrected chi connectivity index (χ0v) is 8.85. The number of rotatable bonds is 2. The maximum Gasteiger partial charge on any atom is 0.0143 e. The lowest BCUT2D eigenvalue weighted by Gasteiger charge is -2.30. The van der Waals surface area contributed by atoms with E-state index in [1.807, 2.05) is 0 Å². The summed E-state index contributed by atoms with van der Waals surface area (Å²) in [6, 6.07) is 0. The first-order chi connectivity index (χ1) is 5.65. The molecule has 12 heavy (non-hydrogen) atoms. The molecule has 0 N–H and O–H groups in total. The smallest absolute Gasteiger partial charge is 0.0143 e. The lowest BCUT2D eigenvalue weighted by molar-refractivity contribution is 0.359. The molecule has 1 unspecified atom stereocenters. The summed E-state index contributed by atoms with van der Waals surface area (Å²) in [5, 5.41) is 0. The molecule has 0 saturated heterocycles. The van der Waals surface area contributed by atoms with Gasteiger partial charge in [-0.15, -0.1) is 0 Å². The lowest BCUT2D eigenvalue weighted by Crippen LogP contribution is -2.22. The minimum Gasteiger partial charge on any atom is -0.378 e. The molecule has 0 aliphatic heterocycles. The van der Waals surface area contributed by atoms with Gasteiger partial charge in [-0.1, -0.05) is 12.5 Å². The molecule has 0 heterocycles. The highest BCUT2D eigenvalue weighted by Gasteiger charge is 2.16. The van der Waals surface area contributed by atoms with Crippen molar-refractivity contribution in [2.45, 2.75) is 40.0 Å². The van der Waals surface area contributed by atoms with Crippen molar-refractivity contribution in [2.24, 2.45) is 5.92 Å². The number of hydrogen-bond acceptors (Lipinski definition) is 1. The Bertz CT molecular complexity index is 181. The van der Waals surface area contributed by atoms with E-state index in [0.717, 1.165) is 12.5 Å². The molecular weight excluding hydrogens is 146 g/mol. The quantitative estimate of drug-likeness (QED) is 0.611. The van der Waals surface area contributed by atoms with Gasteiger partial charge in [-0.3, -0.25) is 0 Å². The second kappa shape index (κ2) is 3.97. The van der Waals surface area contributed by atoms with Crippen LogP contribution in [0.5, 0.6) is 0 Å². The van der Waals surface area contributed by atoms with Crippen LogP contribution in [0.2, 0.25) is 0 Å². The van der Waals surface area contributed by atoms with E-state index >= 15 is 0 Å². The van der Waals surface area contributed by atoms with Gasteiger partial charge in [0.25, 0.3) is 0 Å². The molecule has 0 fully saturated rings. The van der Waals surface area contributed by atoms with Gasteiger partial charge in [0.05, 0.1) is 0 Å². The van der Waals surface area contributed by atoms with E-state index in [-0.39, 0.29) is 0 Å². The first-order valence-electron chi connectivity index (χ1n) is 5.05. The monoisotopic (exact) mass is 167 g/mol. The number of hydrogen-bond donors (Lipinski definition) is 0. The summed E-state index contributed by atoms with van der Waals surface area (Å²) in [6.07, 6.45) is 3.98. The van der Waals surface area contributed by atoms with Gasteiger partial charge in [0.2, 0.25) is 0 Å². The summed E-state index contributed by atoms with van der Waals surface area (Å²) in [5.74, 6) is 0.887. The second-order valence-corrected chi connectivity index (χ2v) is 4.09. The Balaban J connectivity index is 2.70. The molecule has 1 rings (SSSR count). The van der Waals surface area contributed by atoms with Crippen molar-refractivity contribution in [3.8, 4) is 0 Å². The Hall–Kier alpha value is -0.460. The SMILES string of the molecule is CCN(C)C1=C(C)CCC(C)C1. The van der Waals surface area contributed by atoms with Gasteiger partial charge in [0, 0.05) is 19.3 Å². The van der Waals surface area contributed by atoms with E-state index in [9.17, 15) is 0 Å². The topological polar surface area (TPSA) is 3.24 Å². The minimum atomic E-state index is 0.887. The molecule has 1 heteroatoms. The Morgan fingerprint density at radius 1 is 1.50 bits per heavy atom. The van der Waals surface area contributed by atoms with E-state index in [1.54, 1.807) is 11.3 Å². The molecule has 0 aromatic carbocycles. The molecule has 0 saturated carbocycles. The first-order valence-corrected chi connectivity index (χ1v) is 5.05. The van der Waals surface area contributed by atoms with Crippen molar-refractivity contribution in [3.63, 3.8) is 0 Å². The Labute approximate surface area is 76.5 Å². The van der Waals surface area contributed by atoms with Crippen LogP contribution in [0.3, 0.4) is 0 Å². The van der Waals surface area contributed by atoms with Gasteiger partial charge in [-0.05, 0) is 39.0 Å². The van der Waals surface area contributed by atoms with Gasteiger partial charge in [0.1, 0.15) is 0 Å². The van der Waals surface area contributed by atoms with Crippen LogP contribution in [0.25, 0.3) is 0 Å². The van der Waals surface area contributed by atoms with E-state index < -0.39 is 0 Å². The maximum absolute atomic E-state index is 2.39. The van der Waals surface area contributed by atoms with Crippen molar-refractivity contribution < 1.29 is 0 Å². The largest absolute Gasteiger partial charge is 0.378 e. The van der Waals surface area contributed by atoms with Crippen LogP contribution < -0.4 is 0 Å². The molecule has 0 spiro atoms. The molecule has 1 aliphatic carbocycles. The fourth-order valence-electron chi connectivity index (χ4n) is 1.89. The van der Waals surface area contributed by atoms with E-state index in [2.05, 4.69) is 32.7 Å². The molecule has 0 aromatic rings. The predicted molar refractivity (Wildman–Crippen MR) is 54.0 cm³/mol. The molecule has 0 amide bonds. The maximum atomic E-state index is 2.39. The second-order valence-electron chi connectivity index (χ2n) is 4.09. The van der Waals surface area contributed by atoms with Crippen LogP contribution in [-0.2, 0) is 0 Å². The Kier molecular flexibility index (Phi) is 3.19. The summed E-state index contributed by atoms with van der Waals surface area (Å²) in [6.45, 7) is 8.00. The molecule has 0 aromatic heterocycles. The molecule has 1 nitrogen and oxygen atoms in total. The standard InChI is InChI=1S/C11H21N/c1-5-12(4)11-8-9(2)6-7-10(11)3/h9H,5-8H2,1-4H3. The van der Waals surface area contributed by atoms with E-state index in [1.165, 1.54) is 19.3 Å². The zero-order chi connectivity index (χ0) is 9.14. The number of allylic oxidation sites excluding steroid dienone is 2. The third-order valence-electron chi connectivity index (χ3n) is 2.98. The van der Waals surface area contributed by atoms with Crippen LogP contribution in [0.15, 0.2) is 11.3 Å². The Morgan fingerprint density at radius 3 is 2.75 bits per heavy atom. The molecule has 1 aliphatic rings. The van der Waals surface area contributed by atoms with Crippen molar-refractivity contribution >= 4 is 0 Å². The summed E-state index contributed by atoms with van der Waals surface area (Å²) in [4.78, 5) is 2.39. The van der Waals surface area contributed by atoms with Gasteiger partial charge < -0.3 is 4.90 Å². The van der Waals surface area contributed by atoms with Gasteiger partial charge in [-0.25, -0.2) is 0 Å². The van der Waals surface area contributed by atoms with Crippen molar-refractivity contribution in [2.75, 3.05) is 13.6 Å². The van der Waals surface area contributed by atoms with Gasteiger partial charge >= 0.3 is 0 Å². The van der Waals surface area contributed by atoms with Crippen LogP contribution in [0.1, 0.15) is 40.0 Å². The van der Waals surface area contributed by atoms with E-state index in [0.29, 0.717) is 0 Å². The predicted octanol–water partition coefficient (Wildman–Crippen LogP) is 3.03. The molecular formula is C11H21N. The minimum absolute atomic E-state index is 0.887. The van der Waals surface area contributed by atoms with Crippen molar-refractivity contribution in [3.05, 3.63) is 11.3 Å². The fourth-order valence-corrected chi connectivity index (χ4v) is 1.89. The average Bonchev–Trinajstić information content (AvgIpc) is 2.08. The number of nitrogens with zero attached hydrogens (tertiary/aromatic N) is 1. The van der Waals surface area contributed by atoms with Crippen LogP contribution in [0.4, 0.5) is 0 Å². The van der Waals surface area contributed by atoms with E-state index in [4.69, 9.17) is 0 Å². The van der Waals surface area contributed by atoms with Crippen molar-refractivity contribution in [1.29, 1.82) is 0 Å². The molecule has 1 atom stereocenters. The summed E-state index contributed by atoms with van der Waals surface area (Å²) in [7, 11) is 2.21. The van der Waals surface area contributed by atoms with Crippen LogP contribution in [0, 0.1) is 5.92 Å². The van der Waals surface area contributed by atoms with Crippen LogP contribution in [-0.4, -0.2) is 18.5 Å². The Morgan fingerprint density at radius 2 is 2.17 bits per heavy atom. The molecule has 0 bridgehead atoms. The summed E-state index contributed by atoms with van der Waals surface area (Å²) in [5.41, 5.74) is 3.20. The zero-order valence-electron chi connectivity index (χ0n) is 8.85. The highest BCUT2D eigenvalue weighted by Crippen LogP contribution is 2.29. The molecule has 0 radical (unpaired) electrons. The summed E-state index contributed by atoms with van der Waals surface area (Å²) >= 11 is 0. The van der Waals surface area contributed by atoms with Gasteiger partial charge in [0.15, 0.2) is 0 Å². The molecule has 70 valence electrons. The third-order valence-corrected chi connectivity index (χ3v) is 2.98. The third kappa shape index (κ3) is 2.02.